The number of nitrogens with zero attached hydrogens (tertiary/aromatic N) is 3. The fourth-order valence-electron chi connectivity index (χ4n) is 2.44. The summed E-state index contributed by atoms with van der Waals surface area (Å²) in [6.07, 6.45) is 0.482. The molecule has 1 aliphatic heterocycles. The molecule has 0 unspecified atom stereocenters. The van der Waals surface area contributed by atoms with Gasteiger partial charge in [0.05, 0.1) is 19.2 Å². The lowest BCUT2D eigenvalue weighted by Crippen LogP contribution is -2.46. The molecule has 0 spiro atoms. The summed E-state index contributed by atoms with van der Waals surface area (Å²) in [6.45, 7) is 7.78. The number of aryl methyl sites for hydroxylation is 1. The van der Waals surface area contributed by atoms with Crippen molar-refractivity contribution >= 4 is 5.97 Å². The topological polar surface area (TPSA) is 45.7 Å². The fraction of sp³-hybridized carbons (Fsp3) is 0.600. The van der Waals surface area contributed by atoms with Crippen molar-refractivity contribution in [1.29, 1.82) is 0 Å². The van der Waals surface area contributed by atoms with Crippen LogP contribution < -0.4 is 0 Å². The summed E-state index contributed by atoms with van der Waals surface area (Å²) in [6, 6.07) is 6.16. The maximum absolute atomic E-state index is 11.1. The third-order valence-corrected chi connectivity index (χ3v) is 3.66. The van der Waals surface area contributed by atoms with Gasteiger partial charge in [-0.1, -0.05) is 6.07 Å². The third kappa shape index (κ3) is 4.58. The molecule has 0 aromatic carbocycles. The predicted molar refractivity (Wildman–Crippen MR) is 77.3 cm³/mol. The Labute approximate surface area is 120 Å². The highest BCUT2D eigenvalue weighted by Crippen LogP contribution is 2.08. The van der Waals surface area contributed by atoms with Gasteiger partial charge in [-0.25, -0.2) is 0 Å². The normalized spacial score (nSPS) is 17.1. The minimum atomic E-state index is -0.128. The molecule has 0 N–H and O–H groups in total. The molecule has 1 aromatic rings. The lowest BCUT2D eigenvalue weighted by Gasteiger charge is -2.34. The zero-order chi connectivity index (χ0) is 14.4. The molecular weight excluding hydrogens is 254 g/mol. The highest BCUT2D eigenvalue weighted by Gasteiger charge is 2.17. The van der Waals surface area contributed by atoms with E-state index < -0.39 is 0 Å². The molecule has 0 radical (unpaired) electrons. The molecule has 20 heavy (non-hydrogen) atoms. The van der Waals surface area contributed by atoms with Crippen molar-refractivity contribution < 1.29 is 9.53 Å². The van der Waals surface area contributed by atoms with Crippen LogP contribution in [0.3, 0.4) is 0 Å². The van der Waals surface area contributed by atoms with Crippen LogP contribution in [0.1, 0.15) is 17.8 Å². The second-order valence-corrected chi connectivity index (χ2v) is 5.21. The molecule has 0 bridgehead atoms. The summed E-state index contributed by atoms with van der Waals surface area (Å²) in [5, 5.41) is 0. The third-order valence-electron chi connectivity index (χ3n) is 3.66. The molecule has 0 amide bonds. The molecule has 1 saturated heterocycles. The lowest BCUT2D eigenvalue weighted by molar-refractivity contribution is -0.141. The predicted octanol–water partition coefficient (Wildman–Crippen LogP) is 1.07. The highest BCUT2D eigenvalue weighted by molar-refractivity contribution is 5.69. The van der Waals surface area contributed by atoms with Gasteiger partial charge in [-0.15, -0.1) is 0 Å². The minimum absolute atomic E-state index is 0.128. The first-order valence-electron chi connectivity index (χ1n) is 7.11. The Morgan fingerprint density at radius 3 is 2.60 bits per heavy atom. The van der Waals surface area contributed by atoms with E-state index in [4.69, 9.17) is 0 Å². The quantitative estimate of drug-likeness (QED) is 0.753. The Bertz CT molecular complexity index is 442. The molecule has 1 aromatic heterocycles. The number of aromatic nitrogens is 1. The van der Waals surface area contributed by atoms with Crippen LogP contribution in [-0.2, 0) is 16.1 Å². The number of pyridine rings is 1. The smallest absolute Gasteiger partial charge is 0.306 e. The van der Waals surface area contributed by atoms with Crippen molar-refractivity contribution in [2.24, 2.45) is 0 Å². The highest BCUT2D eigenvalue weighted by atomic mass is 16.5. The van der Waals surface area contributed by atoms with E-state index in [2.05, 4.69) is 31.7 Å². The van der Waals surface area contributed by atoms with Crippen molar-refractivity contribution in [3.8, 4) is 0 Å². The van der Waals surface area contributed by atoms with Gasteiger partial charge in [0.1, 0.15) is 0 Å². The number of piperazine rings is 1. The van der Waals surface area contributed by atoms with Crippen LogP contribution in [0.25, 0.3) is 0 Å². The van der Waals surface area contributed by atoms with Crippen molar-refractivity contribution in [2.75, 3.05) is 39.8 Å². The van der Waals surface area contributed by atoms with Crippen LogP contribution in [0.4, 0.5) is 0 Å². The summed E-state index contributed by atoms with van der Waals surface area (Å²) in [7, 11) is 1.44. The van der Waals surface area contributed by atoms with Crippen LogP contribution in [0, 0.1) is 6.92 Å². The summed E-state index contributed by atoms with van der Waals surface area (Å²) in [5.41, 5.74) is 2.20. The van der Waals surface area contributed by atoms with Crippen molar-refractivity contribution in [1.82, 2.24) is 14.8 Å². The van der Waals surface area contributed by atoms with Gasteiger partial charge in [0.15, 0.2) is 0 Å². The summed E-state index contributed by atoms with van der Waals surface area (Å²) >= 11 is 0. The van der Waals surface area contributed by atoms with Gasteiger partial charge in [-0.2, -0.15) is 0 Å². The maximum atomic E-state index is 11.1. The largest absolute Gasteiger partial charge is 0.469 e. The lowest BCUT2D eigenvalue weighted by atomic mass is 10.2. The molecule has 1 aliphatic rings. The van der Waals surface area contributed by atoms with Crippen molar-refractivity contribution in [2.45, 2.75) is 19.9 Å². The van der Waals surface area contributed by atoms with E-state index in [9.17, 15) is 4.79 Å². The Morgan fingerprint density at radius 2 is 1.95 bits per heavy atom. The monoisotopic (exact) mass is 277 g/mol. The second-order valence-electron chi connectivity index (χ2n) is 5.21. The number of carbonyl (C=O) groups is 1. The maximum Gasteiger partial charge on any atom is 0.306 e. The molecule has 0 atom stereocenters. The Kier molecular flexibility index (Phi) is 5.49. The SMILES string of the molecule is COC(=O)CCN1CCN(Cc2cccc(C)n2)CC1. The Balaban J connectivity index is 1.73. The zero-order valence-corrected chi connectivity index (χ0v) is 12.3. The van der Waals surface area contributed by atoms with E-state index in [0.29, 0.717) is 6.42 Å². The van der Waals surface area contributed by atoms with Crippen molar-refractivity contribution in [3.63, 3.8) is 0 Å². The summed E-state index contributed by atoms with van der Waals surface area (Å²) in [4.78, 5) is 20.4. The van der Waals surface area contributed by atoms with E-state index in [0.717, 1.165) is 50.7 Å². The van der Waals surface area contributed by atoms with Crippen LogP contribution in [-0.4, -0.2) is 60.6 Å². The van der Waals surface area contributed by atoms with Gasteiger partial charge in [0.2, 0.25) is 0 Å². The van der Waals surface area contributed by atoms with Gasteiger partial charge in [0, 0.05) is 45.0 Å². The van der Waals surface area contributed by atoms with E-state index in [1.165, 1.54) is 7.11 Å². The van der Waals surface area contributed by atoms with Crippen molar-refractivity contribution in [3.05, 3.63) is 29.6 Å². The van der Waals surface area contributed by atoms with E-state index in [1.54, 1.807) is 0 Å². The number of methoxy groups -OCH3 is 1. The average Bonchev–Trinajstić information content (AvgIpc) is 2.46. The average molecular weight is 277 g/mol. The van der Waals surface area contributed by atoms with E-state index in [-0.39, 0.29) is 5.97 Å². The fourth-order valence-corrected chi connectivity index (χ4v) is 2.44. The first kappa shape index (κ1) is 14.9. The molecular formula is C15H23N3O2. The number of hydrogen-bond acceptors (Lipinski definition) is 5. The minimum Gasteiger partial charge on any atom is -0.469 e. The second kappa shape index (κ2) is 7.36. The molecule has 2 heterocycles. The zero-order valence-electron chi connectivity index (χ0n) is 12.3. The first-order chi connectivity index (χ1) is 9.67. The van der Waals surface area contributed by atoms with Crippen LogP contribution in [0.2, 0.25) is 0 Å². The molecule has 5 heteroatoms. The van der Waals surface area contributed by atoms with E-state index >= 15 is 0 Å². The van der Waals surface area contributed by atoms with Gasteiger partial charge in [0.25, 0.3) is 0 Å². The number of esters is 1. The van der Waals surface area contributed by atoms with Gasteiger partial charge in [-0.3, -0.25) is 14.7 Å². The van der Waals surface area contributed by atoms with E-state index in [1.807, 2.05) is 13.0 Å². The van der Waals surface area contributed by atoms with Crippen LogP contribution in [0.15, 0.2) is 18.2 Å². The summed E-state index contributed by atoms with van der Waals surface area (Å²) in [5.74, 6) is -0.128. The van der Waals surface area contributed by atoms with Gasteiger partial charge in [-0.05, 0) is 19.1 Å². The number of carbonyl (C=O) groups excluding carboxylic acids is 1. The summed E-state index contributed by atoms with van der Waals surface area (Å²) < 4.78 is 4.67. The molecule has 2 rings (SSSR count). The molecule has 0 aliphatic carbocycles. The number of rotatable bonds is 5. The Morgan fingerprint density at radius 1 is 1.25 bits per heavy atom. The molecule has 110 valence electrons. The van der Waals surface area contributed by atoms with Gasteiger partial charge < -0.3 is 9.64 Å². The standard InChI is InChI=1S/C15H23N3O2/c1-13-4-3-5-14(16-13)12-18-10-8-17(9-11-18)7-6-15(19)20-2/h3-5H,6-12H2,1-2H3. The Hall–Kier alpha value is -1.46. The molecule has 5 nitrogen and oxygen atoms in total. The molecule has 1 fully saturated rings. The number of ether oxygens (including phenoxy) is 1. The number of hydrogen-bond donors (Lipinski definition) is 0. The first-order valence-corrected chi connectivity index (χ1v) is 7.11. The van der Waals surface area contributed by atoms with Crippen LogP contribution in [0.5, 0.6) is 0 Å². The van der Waals surface area contributed by atoms with Crippen LogP contribution >= 0.6 is 0 Å². The van der Waals surface area contributed by atoms with Gasteiger partial charge >= 0.3 is 5.97 Å². The molecule has 0 saturated carbocycles.